The largest absolute Gasteiger partial charge is 0.481 e. The van der Waals surface area contributed by atoms with E-state index < -0.39 is 17.9 Å². The fraction of sp³-hybridized carbons (Fsp3) is 0.500. The Bertz CT molecular complexity index is 341. The molecule has 0 radical (unpaired) electrons. The van der Waals surface area contributed by atoms with E-state index in [1.165, 1.54) is 12.2 Å². The number of carbonyl (C=O) groups excluding carboxylic acids is 1. The number of carboxylic acids is 1. The molecule has 4 heteroatoms. The molecular formula is C12H16O4. The minimum atomic E-state index is -0.820. The average Bonchev–Trinajstić information content (AvgIpc) is 2.74. The minimum absolute atomic E-state index is 0.0960. The van der Waals surface area contributed by atoms with Crippen molar-refractivity contribution in [3.8, 4) is 0 Å². The van der Waals surface area contributed by atoms with Gasteiger partial charge in [0.25, 0.3) is 0 Å². The van der Waals surface area contributed by atoms with E-state index in [2.05, 4.69) is 6.58 Å². The van der Waals surface area contributed by atoms with Crippen LogP contribution in [0.1, 0.15) is 13.8 Å². The van der Waals surface area contributed by atoms with Crippen LogP contribution >= 0.6 is 0 Å². The van der Waals surface area contributed by atoms with Gasteiger partial charge in [0.05, 0.1) is 5.92 Å². The molecule has 1 aliphatic rings. The lowest BCUT2D eigenvalue weighted by Gasteiger charge is -1.97. The summed E-state index contributed by atoms with van der Waals surface area (Å²) >= 11 is 0. The van der Waals surface area contributed by atoms with E-state index in [9.17, 15) is 9.59 Å². The van der Waals surface area contributed by atoms with Crippen molar-refractivity contribution in [2.45, 2.75) is 13.8 Å². The Kier molecular flexibility index (Phi) is 3.52. The van der Waals surface area contributed by atoms with E-state index in [4.69, 9.17) is 9.84 Å². The van der Waals surface area contributed by atoms with Gasteiger partial charge in [-0.1, -0.05) is 32.6 Å². The SMILES string of the molecule is C=CCOC(=O)/C=C/C1C(C(=O)O)C1(C)C. The molecule has 1 fully saturated rings. The Morgan fingerprint density at radius 2 is 2.12 bits per heavy atom. The van der Waals surface area contributed by atoms with Crippen molar-refractivity contribution in [3.05, 3.63) is 24.8 Å². The van der Waals surface area contributed by atoms with Crippen molar-refractivity contribution in [1.29, 1.82) is 0 Å². The van der Waals surface area contributed by atoms with Crippen LogP contribution in [0.5, 0.6) is 0 Å². The molecule has 0 amide bonds. The van der Waals surface area contributed by atoms with Crippen molar-refractivity contribution in [2.75, 3.05) is 6.61 Å². The third-order valence-corrected chi connectivity index (χ3v) is 2.96. The average molecular weight is 224 g/mol. The van der Waals surface area contributed by atoms with E-state index in [1.807, 2.05) is 13.8 Å². The van der Waals surface area contributed by atoms with E-state index >= 15 is 0 Å². The highest BCUT2D eigenvalue weighted by Crippen LogP contribution is 2.58. The summed E-state index contributed by atoms with van der Waals surface area (Å²) in [4.78, 5) is 22.0. The summed E-state index contributed by atoms with van der Waals surface area (Å²) in [5.74, 6) is -1.79. The third-order valence-electron chi connectivity index (χ3n) is 2.96. The van der Waals surface area contributed by atoms with Gasteiger partial charge in [0.1, 0.15) is 6.61 Å². The zero-order chi connectivity index (χ0) is 12.3. The highest BCUT2D eigenvalue weighted by molar-refractivity contribution is 5.83. The maximum atomic E-state index is 11.1. The Morgan fingerprint density at radius 1 is 1.50 bits per heavy atom. The maximum absolute atomic E-state index is 11.1. The third kappa shape index (κ3) is 2.51. The van der Waals surface area contributed by atoms with Gasteiger partial charge in [-0.3, -0.25) is 4.79 Å². The van der Waals surface area contributed by atoms with Gasteiger partial charge in [-0.2, -0.15) is 0 Å². The predicted octanol–water partition coefficient (Wildman–Crippen LogP) is 1.63. The van der Waals surface area contributed by atoms with E-state index in [1.54, 1.807) is 6.08 Å². The standard InChI is InChI=1S/C12H16O4/c1-4-7-16-9(13)6-5-8-10(11(14)15)12(8,2)3/h4-6,8,10H,1,7H2,2-3H3,(H,14,15)/b6-5+. The number of carbonyl (C=O) groups is 2. The number of carboxylic acid groups (broad SMARTS) is 1. The maximum Gasteiger partial charge on any atom is 0.330 e. The van der Waals surface area contributed by atoms with Gasteiger partial charge >= 0.3 is 11.9 Å². The summed E-state index contributed by atoms with van der Waals surface area (Å²) in [6.45, 7) is 7.33. The van der Waals surface area contributed by atoms with Crippen LogP contribution in [-0.4, -0.2) is 23.7 Å². The topological polar surface area (TPSA) is 63.6 Å². The van der Waals surface area contributed by atoms with Crippen LogP contribution in [0, 0.1) is 17.3 Å². The first-order chi connectivity index (χ1) is 7.41. The molecule has 0 spiro atoms. The van der Waals surface area contributed by atoms with Crippen LogP contribution in [0.2, 0.25) is 0 Å². The number of hydrogen-bond acceptors (Lipinski definition) is 3. The lowest BCUT2D eigenvalue weighted by atomic mass is 10.1. The fourth-order valence-corrected chi connectivity index (χ4v) is 1.88. The molecule has 0 aliphatic heterocycles. The molecule has 0 aromatic heterocycles. The first-order valence-corrected chi connectivity index (χ1v) is 5.10. The van der Waals surface area contributed by atoms with Crippen molar-refractivity contribution in [3.63, 3.8) is 0 Å². The molecule has 16 heavy (non-hydrogen) atoms. The van der Waals surface area contributed by atoms with Crippen molar-refractivity contribution >= 4 is 11.9 Å². The smallest absolute Gasteiger partial charge is 0.330 e. The number of aliphatic carboxylic acids is 1. The second kappa shape index (κ2) is 4.51. The molecule has 1 aliphatic carbocycles. The number of ether oxygens (including phenoxy) is 1. The van der Waals surface area contributed by atoms with Crippen molar-refractivity contribution < 1.29 is 19.4 Å². The monoisotopic (exact) mass is 224 g/mol. The number of allylic oxidation sites excluding steroid dienone is 1. The fourth-order valence-electron chi connectivity index (χ4n) is 1.88. The summed E-state index contributed by atoms with van der Waals surface area (Å²) in [5, 5.41) is 8.90. The Morgan fingerprint density at radius 3 is 2.56 bits per heavy atom. The zero-order valence-corrected chi connectivity index (χ0v) is 9.47. The van der Waals surface area contributed by atoms with Gasteiger partial charge in [0, 0.05) is 6.08 Å². The number of rotatable bonds is 5. The molecule has 88 valence electrons. The number of esters is 1. The molecule has 0 heterocycles. The Balaban J connectivity index is 2.50. The van der Waals surface area contributed by atoms with Gasteiger partial charge in [-0.25, -0.2) is 4.79 Å². The minimum Gasteiger partial charge on any atom is -0.481 e. The molecule has 4 nitrogen and oxygen atoms in total. The van der Waals surface area contributed by atoms with Gasteiger partial charge in [-0.15, -0.1) is 0 Å². The van der Waals surface area contributed by atoms with E-state index in [0.717, 1.165) is 0 Å². The summed E-state index contributed by atoms with van der Waals surface area (Å²) in [7, 11) is 0. The van der Waals surface area contributed by atoms with Crippen LogP contribution in [0.25, 0.3) is 0 Å². The van der Waals surface area contributed by atoms with Gasteiger partial charge in [0.2, 0.25) is 0 Å². The summed E-state index contributed by atoms with van der Waals surface area (Å²) in [5.41, 5.74) is -0.277. The first kappa shape index (κ1) is 12.5. The molecule has 2 unspecified atom stereocenters. The van der Waals surface area contributed by atoms with Crippen LogP contribution < -0.4 is 0 Å². The van der Waals surface area contributed by atoms with Gasteiger partial charge in [0.15, 0.2) is 0 Å². The zero-order valence-electron chi connectivity index (χ0n) is 9.47. The van der Waals surface area contributed by atoms with Crippen molar-refractivity contribution in [2.24, 2.45) is 17.3 Å². The van der Waals surface area contributed by atoms with Crippen LogP contribution in [-0.2, 0) is 14.3 Å². The van der Waals surface area contributed by atoms with Crippen LogP contribution in [0.4, 0.5) is 0 Å². The molecule has 2 atom stereocenters. The lowest BCUT2D eigenvalue weighted by molar-refractivity contribution is -0.139. The summed E-state index contributed by atoms with van der Waals surface area (Å²) in [6.07, 6.45) is 4.38. The Hall–Kier alpha value is -1.58. The lowest BCUT2D eigenvalue weighted by Crippen LogP contribution is -2.03. The Labute approximate surface area is 94.6 Å². The molecule has 0 aromatic rings. The molecule has 1 N–H and O–H groups in total. The van der Waals surface area contributed by atoms with Gasteiger partial charge < -0.3 is 9.84 Å². The molecule has 1 saturated carbocycles. The molecular weight excluding hydrogens is 208 g/mol. The first-order valence-electron chi connectivity index (χ1n) is 5.10. The predicted molar refractivity (Wildman–Crippen MR) is 58.7 cm³/mol. The molecule has 1 rings (SSSR count). The highest BCUT2D eigenvalue weighted by Gasteiger charge is 2.60. The molecule has 0 bridgehead atoms. The summed E-state index contributed by atoms with van der Waals surface area (Å²) < 4.78 is 4.74. The van der Waals surface area contributed by atoms with Crippen LogP contribution in [0.15, 0.2) is 24.8 Å². The van der Waals surface area contributed by atoms with Gasteiger partial charge in [-0.05, 0) is 11.3 Å². The van der Waals surface area contributed by atoms with E-state index in [-0.39, 0.29) is 17.9 Å². The quantitative estimate of drug-likeness (QED) is 0.438. The molecule has 0 aromatic carbocycles. The van der Waals surface area contributed by atoms with E-state index in [0.29, 0.717) is 0 Å². The normalized spacial score (nSPS) is 26.4. The molecule has 0 saturated heterocycles. The summed E-state index contributed by atoms with van der Waals surface area (Å²) in [6, 6.07) is 0. The van der Waals surface area contributed by atoms with Crippen molar-refractivity contribution in [1.82, 2.24) is 0 Å². The second-order valence-corrected chi connectivity index (χ2v) is 4.44. The highest BCUT2D eigenvalue weighted by atomic mass is 16.5. The second-order valence-electron chi connectivity index (χ2n) is 4.44. The number of hydrogen-bond donors (Lipinski definition) is 1. The van der Waals surface area contributed by atoms with Crippen LogP contribution in [0.3, 0.4) is 0 Å².